The smallest absolute Gasteiger partial charge is 0.150 e. The van der Waals surface area contributed by atoms with Crippen molar-refractivity contribution in [1.29, 1.82) is 0 Å². The van der Waals surface area contributed by atoms with Gasteiger partial charge in [-0.25, -0.2) is 8.42 Å². The Labute approximate surface area is 116 Å². The van der Waals surface area contributed by atoms with Gasteiger partial charge in [0.25, 0.3) is 0 Å². The van der Waals surface area contributed by atoms with E-state index >= 15 is 0 Å². The van der Waals surface area contributed by atoms with Crippen molar-refractivity contribution < 1.29 is 13.2 Å². The number of hydrogen-bond donors (Lipinski definition) is 0. The summed E-state index contributed by atoms with van der Waals surface area (Å²) in [6, 6.07) is 6.09. The molecule has 1 aromatic rings. The fourth-order valence-electron chi connectivity index (χ4n) is 2.12. The fraction of sp³-hybridized carbons (Fsp3) is 0.533. The van der Waals surface area contributed by atoms with Gasteiger partial charge in [0.15, 0.2) is 0 Å². The van der Waals surface area contributed by atoms with Gasteiger partial charge in [0.2, 0.25) is 0 Å². The van der Waals surface area contributed by atoms with Gasteiger partial charge in [-0.2, -0.15) is 0 Å². The first-order valence-electron chi connectivity index (χ1n) is 6.61. The summed E-state index contributed by atoms with van der Waals surface area (Å²) in [5, 5.41) is 0. The molecule has 0 aliphatic carbocycles. The highest BCUT2D eigenvalue weighted by atomic mass is 32.2. The predicted octanol–water partition coefficient (Wildman–Crippen LogP) is 2.63. The molecule has 106 valence electrons. The van der Waals surface area contributed by atoms with Crippen molar-refractivity contribution in [2.45, 2.75) is 40.0 Å². The lowest BCUT2D eigenvalue weighted by atomic mass is 10.0. The molecule has 0 aliphatic heterocycles. The van der Waals surface area contributed by atoms with Gasteiger partial charge in [-0.3, -0.25) is 4.79 Å². The SMILES string of the molecule is CCS(=O)(=O)CCCC(=O)Cc1cc(C)cc(C)c1. The number of sulfone groups is 1. The molecule has 4 heteroatoms. The number of hydrogen-bond acceptors (Lipinski definition) is 3. The quantitative estimate of drug-likeness (QED) is 0.772. The van der Waals surface area contributed by atoms with Gasteiger partial charge < -0.3 is 0 Å². The summed E-state index contributed by atoms with van der Waals surface area (Å²) in [6.07, 6.45) is 1.17. The topological polar surface area (TPSA) is 51.2 Å². The van der Waals surface area contributed by atoms with E-state index in [1.54, 1.807) is 6.92 Å². The van der Waals surface area contributed by atoms with Crippen LogP contribution in [0.15, 0.2) is 18.2 Å². The van der Waals surface area contributed by atoms with Crippen LogP contribution in [-0.4, -0.2) is 25.7 Å². The molecule has 0 fully saturated rings. The van der Waals surface area contributed by atoms with E-state index in [-0.39, 0.29) is 17.3 Å². The zero-order valence-electron chi connectivity index (χ0n) is 11.9. The Morgan fingerprint density at radius 1 is 1.11 bits per heavy atom. The van der Waals surface area contributed by atoms with Crippen molar-refractivity contribution >= 4 is 15.6 Å². The minimum absolute atomic E-state index is 0.108. The average Bonchev–Trinajstić information content (AvgIpc) is 2.27. The van der Waals surface area contributed by atoms with Gasteiger partial charge in [-0.05, 0) is 25.8 Å². The van der Waals surface area contributed by atoms with Gasteiger partial charge in [-0.1, -0.05) is 36.2 Å². The molecule has 0 aliphatic rings. The number of rotatable bonds is 7. The Morgan fingerprint density at radius 3 is 2.21 bits per heavy atom. The van der Waals surface area contributed by atoms with E-state index in [4.69, 9.17) is 0 Å². The van der Waals surface area contributed by atoms with Crippen molar-refractivity contribution in [3.05, 3.63) is 34.9 Å². The minimum Gasteiger partial charge on any atom is -0.299 e. The van der Waals surface area contributed by atoms with Crippen LogP contribution in [0.1, 0.15) is 36.5 Å². The van der Waals surface area contributed by atoms with E-state index in [0.717, 1.165) is 16.7 Å². The van der Waals surface area contributed by atoms with Crippen LogP contribution in [0.25, 0.3) is 0 Å². The number of benzene rings is 1. The first-order chi connectivity index (χ1) is 8.82. The molecule has 0 radical (unpaired) electrons. The third kappa shape index (κ3) is 6.01. The second-order valence-corrected chi connectivity index (χ2v) is 7.52. The third-order valence-electron chi connectivity index (χ3n) is 3.03. The zero-order chi connectivity index (χ0) is 14.5. The van der Waals surface area contributed by atoms with E-state index in [1.807, 2.05) is 26.0 Å². The van der Waals surface area contributed by atoms with E-state index in [9.17, 15) is 13.2 Å². The highest BCUT2D eigenvalue weighted by Crippen LogP contribution is 2.11. The first-order valence-corrected chi connectivity index (χ1v) is 8.44. The molecular formula is C15H22O3S. The predicted molar refractivity (Wildman–Crippen MR) is 78.2 cm³/mol. The molecule has 0 spiro atoms. The molecule has 1 aromatic carbocycles. The monoisotopic (exact) mass is 282 g/mol. The Balaban J connectivity index is 2.47. The van der Waals surface area contributed by atoms with E-state index in [2.05, 4.69) is 6.07 Å². The van der Waals surface area contributed by atoms with Gasteiger partial charge in [0, 0.05) is 18.6 Å². The standard InChI is InChI=1S/C15H22O3S/c1-4-19(17,18)7-5-6-15(16)11-14-9-12(2)8-13(3)10-14/h8-10H,4-7,11H2,1-3H3. The van der Waals surface area contributed by atoms with E-state index in [1.165, 1.54) is 0 Å². The largest absolute Gasteiger partial charge is 0.299 e. The lowest BCUT2D eigenvalue weighted by Crippen LogP contribution is -2.11. The molecule has 0 bridgehead atoms. The molecular weight excluding hydrogens is 260 g/mol. The summed E-state index contributed by atoms with van der Waals surface area (Å²) in [7, 11) is -2.95. The van der Waals surface area contributed by atoms with Gasteiger partial charge >= 0.3 is 0 Å². The van der Waals surface area contributed by atoms with Crippen LogP contribution in [-0.2, 0) is 21.1 Å². The van der Waals surface area contributed by atoms with Gasteiger partial charge in [-0.15, -0.1) is 0 Å². The molecule has 19 heavy (non-hydrogen) atoms. The fourth-order valence-corrected chi connectivity index (χ4v) is 2.99. The molecule has 0 heterocycles. The average molecular weight is 282 g/mol. The van der Waals surface area contributed by atoms with Gasteiger partial charge in [0.1, 0.15) is 15.6 Å². The molecule has 0 saturated heterocycles. The Bertz CT molecular complexity index is 524. The highest BCUT2D eigenvalue weighted by Gasteiger charge is 2.10. The maximum absolute atomic E-state index is 11.8. The second kappa shape index (κ2) is 6.85. The first kappa shape index (κ1) is 15.9. The molecule has 0 N–H and O–H groups in total. The van der Waals surface area contributed by atoms with Crippen molar-refractivity contribution in [2.75, 3.05) is 11.5 Å². The maximum Gasteiger partial charge on any atom is 0.150 e. The lowest BCUT2D eigenvalue weighted by Gasteiger charge is -2.05. The van der Waals surface area contributed by atoms with Crippen LogP contribution >= 0.6 is 0 Å². The molecule has 0 atom stereocenters. The lowest BCUT2D eigenvalue weighted by molar-refractivity contribution is -0.118. The van der Waals surface area contributed by atoms with Crippen LogP contribution in [0, 0.1) is 13.8 Å². The summed E-state index contributed by atoms with van der Waals surface area (Å²) in [5.74, 6) is 0.372. The molecule has 0 saturated carbocycles. The van der Waals surface area contributed by atoms with Crippen LogP contribution in [0.3, 0.4) is 0 Å². The highest BCUT2D eigenvalue weighted by molar-refractivity contribution is 7.91. The molecule has 0 aromatic heterocycles. The summed E-state index contributed by atoms with van der Waals surface area (Å²) < 4.78 is 22.6. The summed E-state index contributed by atoms with van der Waals surface area (Å²) in [4.78, 5) is 11.8. The molecule has 3 nitrogen and oxygen atoms in total. The number of aryl methyl sites for hydroxylation is 2. The maximum atomic E-state index is 11.8. The van der Waals surface area contributed by atoms with Crippen molar-refractivity contribution in [3.8, 4) is 0 Å². The Morgan fingerprint density at radius 2 is 1.68 bits per heavy atom. The molecule has 0 unspecified atom stereocenters. The normalized spacial score (nSPS) is 11.5. The van der Waals surface area contributed by atoms with Crippen LogP contribution in [0.4, 0.5) is 0 Å². The van der Waals surface area contributed by atoms with Crippen LogP contribution in [0.5, 0.6) is 0 Å². The number of Topliss-reactive ketones (excluding diaryl/α,β-unsaturated/α-hetero) is 1. The van der Waals surface area contributed by atoms with Crippen LogP contribution in [0.2, 0.25) is 0 Å². The molecule has 0 amide bonds. The summed E-state index contributed by atoms with van der Waals surface area (Å²) in [6.45, 7) is 5.65. The van der Waals surface area contributed by atoms with Gasteiger partial charge in [0.05, 0.1) is 5.75 Å². The van der Waals surface area contributed by atoms with E-state index in [0.29, 0.717) is 19.3 Å². The Kier molecular flexibility index (Phi) is 5.73. The third-order valence-corrected chi connectivity index (χ3v) is 4.82. The number of carbonyl (C=O) groups excluding carboxylic acids is 1. The second-order valence-electron chi connectivity index (χ2n) is 5.05. The number of ketones is 1. The Hall–Kier alpha value is -1.16. The van der Waals surface area contributed by atoms with Crippen molar-refractivity contribution in [2.24, 2.45) is 0 Å². The van der Waals surface area contributed by atoms with E-state index < -0.39 is 9.84 Å². The summed E-state index contributed by atoms with van der Waals surface area (Å²) in [5.41, 5.74) is 3.31. The summed E-state index contributed by atoms with van der Waals surface area (Å²) >= 11 is 0. The minimum atomic E-state index is -2.95. The van der Waals surface area contributed by atoms with Crippen LogP contribution < -0.4 is 0 Å². The number of carbonyl (C=O) groups is 1. The zero-order valence-corrected chi connectivity index (χ0v) is 12.7. The van der Waals surface area contributed by atoms with Crippen molar-refractivity contribution in [1.82, 2.24) is 0 Å². The molecule has 1 rings (SSSR count). The van der Waals surface area contributed by atoms with Crippen molar-refractivity contribution in [3.63, 3.8) is 0 Å².